The summed E-state index contributed by atoms with van der Waals surface area (Å²) in [5, 5.41) is 25.2. The number of nitro benzene ring substituents is 1. The predicted octanol–water partition coefficient (Wildman–Crippen LogP) is 3.22. The Morgan fingerprint density at radius 3 is 2.77 bits per heavy atom. The second-order valence-electron chi connectivity index (χ2n) is 4.77. The highest BCUT2D eigenvalue weighted by Crippen LogP contribution is 2.29. The van der Waals surface area contributed by atoms with E-state index in [1.165, 1.54) is 31.5 Å². The SMILES string of the molecule is COc1cc([N+](=O)[O-])ccc1NC(=O)/C(C#N)=C\Nc1ccc(Br)cn1. The Bertz CT molecular complexity index is 906. The van der Waals surface area contributed by atoms with Crippen LogP contribution in [-0.2, 0) is 4.79 Å². The molecule has 0 saturated heterocycles. The summed E-state index contributed by atoms with van der Waals surface area (Å²) in [7, 11) is 1.32. The number of rotatable bonds is 6. The predicted molar refractivity (Wildman–Crippen MR) is 97.5 cm³/mol. The van der Waals surface area contributed by atoms with E-state index in [1.54, 1.807) is 24.4 Å². The van der Waals surface area contributed by atoms with Crippen molar-refractivity contribution in [1.29, 1.82) is 5.26 Å². The van der Waals surface area contributed by atoms with Gasteiger partial charge in [0.2, 0.25) is 0 Å². The number of methoxy groups -OCH3 is 1. The number of hydrogen-bond acceptors (Lipinski definition) is 7. The van der Waals surface area contributed by atoms with E-state index in [1.807, 2.05) is 0 Å². The molecular formula is C16H12BrN5O4. The quantitative estimate of drug-likeness (QED) is 0.319. The topological polar surface area (TPSA) is 130 Å². The average molecular weight is 418 g/mol. The highest BCUT2D eigenvalue weighted by Gasteiger charge is 2.15. The first-order valence-corrected chi connectivity index (χ1v) is 7.86. The Labute approximate surface area is 156 Å². The Morgan fingerprint density at radius 1 is 1.42 bits per heavy atom. The van der Waals surface area contributed by atoms with Crippen molar-refractivity contribution < 1.29 is 14.5 Å². The number of halogens is 1. The first-order valence-electron chi connectivity index (χ1n) is 7.06. The monoisotopic (exact) mass is 417 g/mol. The van der Waals surface area contributed by atoms with E-state index in [9.17, 15) is 20.2 Å². The van der Waals surface area contributed by atoms with Crippen molar-refractivity contribution in [2.75, 3.05) is 17.7 Å². The third kappa shape index (κ3) is 4.78. The van der Waals surface area contributed by atoms with Gasteiger partial charge in [0.25, 0.3) is 11.6 Å². The lowest BCUT2D eigenvalue weighted by Gasteiger charge is -2.09. The zero-order chi connectivity index (χ0) is 19.1. The molecule has 9 nitrogen and oxygen atoms in total. The van der Waals surface area contributed by atoms with Gasteiger partial charge in [-0.1, -0.05) is 0 Å². The number of carbonyl (C=O) groups is 1. The molecule has 0 spiro atoms. The molecule has 0 saturated carbocycles. The number of nitrogens with zero attached hydrogens (tertiary/aromatic N) is 3. The molecule has 10 heteroatoms. The van der Waals surface area contributed by atoms with Gasteiger partial charge in [0, 0.05) is 22.9 Å². The fourth-order valence-corrected chi connectivity index (χ4v) is 2.08. The molecule has 1 heterocycles. The van der Waals surface area contributed by atoms with Crippen LogP contribution in [0.3, 0.4) is 0 Å². The number of nitro groups is 1. The molecule has 0 aliphatic rings. The lowest BCUT2D eigenvalue weighted by atomic mass is 10.2. The maximum absolute atomic E-state index is 12.2. The Hall–Kier alpha value is -3.45. The summed E-state index contributed by atoms with van der Waals surface area (Å²) in [6.45, 7) is 0. The molecular weight excluding hydrogens is 406 g/mol. The molecule has 0 bridgehead atoms. The van der Waals surface area contributed by atoms with E-state index in [0.29, 0.717) is 5.82 Å². The van der Waals surface area contributed by atoms with Crippen molar-refractivity contribution >= 4 is 39.0 Å². The normalized spacial score (nSPS) is 10.6. The van der Waals surface area contributed by atoms with Gasteiger partial charge in [-0.15, -0.1) is 0 Å². The highest BCUT2D eigenvalue weighted by molar-refractivity contribution is 9.10. The minimum Gasteiger partial charge on any atom is -0.494 e. The van der Waals surface area contributed by atoms with Gasteiger partial charge in [-0.05, 0) is 34.1 Å². The van der Waals surface area contributed by atoms with Gasteiger partial charge in [0.05, 0.1) is 23.8 Å². The largest absolute Gasteiger partial charge is 0.494 e. The first kappa shape index (κ1) is 18.9. The van der Waals surface area contributed by atoms with Crippen LogP contribution >= 0.6 is 15.9 Å². The van der Waals surface area contributed by atoms with Crippen molar-refractivity contribution in [2.45, 2.75) is 0 Å². The molecule has 132 valence electrons. The van der Waals surface area contributed by atoms with Crippen LogP contribution in [0.5, 0.6) is 5.75 Å². The van der Waals surface area contributed by atoms with Crippen LogP contribution in [0, 0.1) is 21.4 Å². The smallest absolute Gasteiger partial charge is 0.273 e. The van der Waals surface area contributed by atoms with Gasteiger partial charge >= 0.3 is 0 Å². The second-order valence-corrected chi connectivity index (χ2v) is 5.69. The maximum atomic E-state index is 12.2. The van der Waals surface area contributed by atoms with Crippen molar-refractivity contribution in [1.82, 2.24) is 4.98 Å². The number of anilines is 2. The molecule has 2 aromatic rings. The molecule has 2 rings (SSSR count). The zero-order valence-electron chi connectivity index (χ0n) is 13.4. The fraction of sp³-hybridized carbons (Fsp3) is 0.0625. The average Bonchev–Trinajstić information content (AvgIpc) is 2.63. The molecule has 0 fully saturated rings. The van der Waals surface area contributed by atoms with Gasteiger partial charge in [-0.25, -0.2) is 4.98 Å². The number of nitrogens with one attached hydrogen (secondary N) is 2. The van der Waals surface area contributed by atoms with Gasteiger partial charge < -0.3 is 15.4 Å². The van der Waals surface area contributed by atoms with Crippen LogP contribution in [0.15, 0.2) is 52.8 Å². The summed E-state index contributed by atoms with van der Waals surface area (Å²) in [4.78, 5) is 26.5. The summed E-state index contributed by atoms with van der Waals surface area (Å²) in [6, 6.07) is 8.90. The first-order chi connectivity index (χ1) is 12.4. The van der Waals surface area contributed by atoms with E-state index in [-0.39, 0.29) is 22.7 Å². The number of non-ortho nitro benzene ring substituents is 1. The van der Waals surface area contributed by atoms with Crippen molar-refractivity contribution in [3.8, 4) is 11.8 Å². The minimum absolute atomic E-state index is 0.104. The molecule has 1 amide bonds. The molecule has 1 aromatic heterocycles. The molecule has 0 unspecified atom stereocenters. The summed E-state index contributed by atoms with van der Waals surface area (Å²) in [5.41, 5.74) is -0.194. The standard InChI is InChI=1S/C16H12BrN5O4/c1-26-14-6-12(22(24)25)3-4-13(14)21-16(23)10(7-18)8-19-15-5-2-11(17)9-20-15/h2-6,8-9H,1H3,(H,19,20)(H,21,23)/b10-8-. The number of benzene rings is 1. The summed E-state index contributed by atoms with van der Waals surface area (Å²) < 4.78 is 5.83. The third-order valence-corrected chi connectivity index (χ3v) is 3.57. The molecule has 0 radical (unpaired) electrons. The van der Waals surface area contributed by atoms with Crippen LogP contribution in [0.2, 0.25) is 0 Å². The van der Waals surface area contributed by atoms with Crippen molar-refractivity contribution in [3.63, 3.8) is 0 Å². The Balaban J connectivity index is 2.16. The van der Waals surface area contributed by atoms with Crippen LogP contribution in [0.4, 0.5) is 17.2 Å². The molecule has 0 aliphatic heterocycles. The number of pyridine rings is 1. The lowest BCUT2D eigenvalue weighted by molar-refractivity contribution is -0.384. The summed E-state index contributed by atoms with van der Waals surface area (Å²) >= 11 is 3.25. The number of amides is 1. The molecule has 1 aromatic carbocycles. The highest BCUT2D eigenvalue weighted by atomic mass is 79.9. The van der Waals surface area contributed by atoms with E-state index in [4.69, 9.17) is 4.74 Å². The zero-order valence-corrected chi connectivity index (χ0v) is 15.0. The number of nitriles is 1. The fourth-order valence-electron chi connectivity index (χ4n) is 1.84. The molecule has 2 N–H and O–H groups in total. The molecule has 0 aliphatic carbocycles. The van der Waals surface area contributed by atoms with E-state index in [0.717, 1.165) is 4.47 Å². The van der Waals surface area contributed by atoms with Gasteiger partial charge in [0.15, 0.2) is 0 Å². The second kappa shape index (κ2) is 8.59. The van der Waals surface area contributed by atoms with Crippen molar-refractivity contribution in [3.05, 3.63) is 62.9 Å². The third-order valence-electron chi connectivity index (χ3n) is 3.10. The van der Waals surface area contributed by atoms with Gasteiger partial charge in [-0.3, -0.25) is 14.9 Å². The maximum Gasteiger partial charge on any atom is 0.273 e. The summed E-state index contributed by atoms with van der Waals surface area (Å²) in [5.74, 6) is -0.154. The molecule has 0 atom stereocenters. The van der Waals surface area contributed by atoms with Crippen LogP contribution < -0.4 is 15.4 Å². The Kier molecular flexibility index (Phi) is 6.24. The minimum atomic E-state index is -0.704. The van der Waals surface area contributed by atoms with Crippen molar-refractivity contribution in [2.24, 2.45) is 0 Å². The van der Waals surface area contributed by atoms with Crippen LogP contribution in [0.25, 0.3) is 0 Å². The number of ether oxygens (including phenoxy) is 1. The lowest BCUT2D eigenvalue weighted by Crippen LogP contribution is -2.15. The van der Waals surface area contributed by atoms with Crippen LogP contribution in [-0.4, -0.2) is 22.9 Å². The van der Waals surface area contributed by atoms with E-state index >= 15 is 0 Å². The molecule has 26 heavy (non-hydrogen) atoms. The van der Waals surface area contributed by atoms with Gasteiger partial charge in [-0.2, -0.15) is 5.26 Å². The summed E-state index contributed by atoms with van der Waals surface area (Å²) in [6.07, 6.45) is 2.77. The van der Waals surface area contributed by atoms with Gasteiger partial charge in [0.1, 0.15) is 23.2 Å². The van der Waals surface area contributed by atoms with E-state index < -0.39 is 10.8 Å². The number of hydrogen-bond donors (Lipinski definition) is 2. The van der Waals surface area contributed by atoms with E-state index in [2.05, 4.69) is 31.5 Å². The number of aromatic nitrogens is 1. The van der Waals surface area contributed by atoms with Crippen LogP contribution in [0.1, 0.15) is 0 Å². The Morgan fingerprint density at radius 2 is 2.19 bits per heavy atom. The number of carbonyl (C=O) groups excluding carboxylic acids is 1.